The van der Waals surface area contributed by atoms with Crippen LogP contribution in [-0.2, 0) is 20.8 Å². The van der Waals surface area contributed by atoms with E-state index in [-0.39, 0.29) is 0 Å². The first-order chi connectivity index (χ1) is 13.4. The molecule has 0 fully saturated rings. The molecule has 0 aliphatic carbocycles. The van der Waals surface area contributed by atoms with Crippen molar-refractivity contribution in [2.75, 3.05) is 52.9 Å². The lowest BCUT2D eigenvalue weighted by atomic mass is 10.2. The van der Waals surface area contributed by atoms with Crippen LogP contribution in [0.3, 0.4) is 0 Å². The van der Waals surface area contributed by atoms with Gasteiger partial charge in [-0.2, -0.15) is 0 Å². The summed E-state index contributed by atoms with van der Waals surface area (Å²) in [5, 5.41) is 0. The van der Waals surface area contributed by atoms with Crippen LogP contribution >= 0.6 is 0 Å². The molecule has 0 N–H and O–H groups in total. The Morgan fingerprint density at radius 3 is 1.52 bits per heavy atom. The van der Waals surface area contributed by atoms with Gasteiger partial charge in [0.25, 0.3) is 0 Å². The van der Waals surface area contributed by atoms with E-state index in [0.717, 1.165) is 11.3 Å². The van der Waals surface area contributed by atoms with Crippen LogP contribution in [-0.4, -0.2) is 52.9 Å². The van der Waals surface area contributed by atoms with E-state index in [1.807, 2.05) is 48.5 Å². The second-order valence-corrected chi connectivity index (χ2v) is 5.88. The average molecular weight is 374 g/mol. The van der Waals surface area contributed by atoms with Gasteiger partial charge in [0.05, 0.1) is 39.6 Å². The maximum Gasteiger partial charge on any atom is 0.161 e. The number of para-hydroxylation sites is 3. The second kappa shape index (κ2) is 11.4. The Balaban J connectivity index is 1.65. The second-order valence-electron chi connectivity index (χ2n) is 5.88. The van der Waals surface area contributed by atoms with E-state index in [1.165, 1.54) is 0 Å². The molecule has 0 bridgehead atoms. The van der Waals surface area contributed by atoms with Gasteiger partial charge in [-0.15, -0.1) is 0 Å². The Bertz CT molecular complexity index is 618. The van der Waals surface area contributed by atoms with Crippen LogP contribution in [0.4, 0.5) is 0 Å². The molecule has 0 saturated heterocycles. The number of hydrogen-bond acceptors (Lipinski definition) is 6. The van der Waals surface area contributed by atoms with Gasteiger partial charge in [0.15, 0.2) is 11.5 Å². The van der Waals surface area contributed by atoms with Gasteiger partial charge in [-0.1, -0.05) is 30.3 Å². The first kappa shape index (κ1) is 19.5. The Morgan fingerprint density at radius 1 is 0.444 bits per heavy atom. The van der Waals surface area contributed by atoms with Gasteiger partial charge in [0.1, 0.15) is 25.6 Å². The number of benzene rings is 2. The molecule has 1 heterocycles. The third-order valence-electron chi connectivity index (χ3n) is 3.92. The monoisotopic (exact) mass is 374 g/mol. The van der Waals surface area contributed by atoms with E-state index in [4.69, 9.17) is 28.4 Å². The third-order valence-corrected chi connectivity index (χ3v) is 3.92. The van der Waals surface area contributed by atoms with E-state index < -0.39 is 0 Å². The highest BCUT2D eigenvalue weighted by atomic mass is 16.6. The van der Waals surface area contributed by atoms with E-state index in [0.29, 0.717) is 71.0 Å². The summed E-state index contributed by atoms with van der Waals surface area (Å²) in [6, 6.07) is 15.5. The quantitative estimate of drug-likeness (QED) is 0.706. The maximum absolute atomic E-state index is 5.98. The predicted octanol–water partition coefficient (Wildman–Crippen LogP) is 3.09. The van der Waals surface area contributed by atoms with E-state index in [9.17, 15) is 0 Å². The fourth-order valence-electron chi connectivity index (χ4n) is 2.57. The van der Waals surface area contributed by atoms with Crippen molar-refractivity contribution >= 4 is 0 Å². The van der Waals surface area contributed by atoms with Crippen LogP contribution in [0.15, 0.2) is 48.5 Å². The summed E-state index contributed by atoms with van der Waals surface area (Å²) < 4.78 is 34.1. The summed E-state index contributed by atoms with van der Waals surface area (Å²) in [6.45, 7) is 4.44. The third kappa shape index (κ3) is 6.75. The highest BCUT2D eigenvalue weighted by Gasteiger charge is 2.08. The predicted molar refractivity (Wildman–Crippen MR) is 101 cm³/mol. The van der Waals surface area contributed by atoms with Gasteiger partial charge < -0.3 is 28.4 Å². The number of rotatable bonds is 0. The van der Waals surface area contributed by atoms with Crippen molar-refractivity contribution in [2.45, 2.75) is 6.61 Å². The molecule has 1 aliphatic rings. The van der Waals surface area contributed by atoms with Crippen molar-refractivity contribution < 1.29 is 28.4 Å². The fraction of sp³-hybridized carbons (Fsp3) is 0.429. The summed E-state index contributed by atoms with van der Waals surface area (Å²) in [7, 11) is 0. The molecule has 146 valence electrons. The Hall–Kier alpha value is -2.28. The number of fused-ring (bicyclic) bond motifs is 2. The molecule has 0 radical (unpaired) electrons. The van der Waals surface area contributed by atoms with Gasteiger partial charge in [-0.05, 0) is 18.2 Å². The standard InChI is InChI=1S/C21H26O6/c1-2-6-19-18(5-1)17-27-21-8-4-3-7-20(21)26-16-14-24-12-10-22-9-11-23-13-15-25-19/h1-8H,9-17H2. The summed E-state index contributed by atoms with van der Waals surface area (Å²) in [5.41, 5.74) is 0.969. The van der Waals surface area contributed by atoms with Crippen LogP contribution in [0, 0.1) is 0 Å². The Kier molecular flexibility index (Phi) is 8.25. The molecule has 2 aromatic rings. The lowest BCUT2D eigenvalue weighted by molar-refractivity contribution is 0.00496. The molecule has 0 amide bonds. The number of hydrogen-bond donors (Lipinski definition) is 0. The SMILES string of the molecule is c1ccc2c(c1)COc1ccccc1OCCOCCOCCOCCO2. The van der Waals surface area contributed by atoms with Crippen molar-refractivity contribution in [3.05, 3.63) is 54.1 Å². The molecule has 6 heteroatoms. The van der Waals surface area contributed by atoms with Gasteiger partial charge in [0, 0.05) is 5.56 Å². The van der Waals surface area contributed by atoms with E-state index >= 15 is 0 Å². The van der Waals surface area contributed by atoms with Gasteiger partial charge in [-0.25, -0.2) is 0 Å². The molecule has 0 atom stereocenters. The van der Waals surface area contributed by atoms with Gasteiger partial charge >= 0.3 is 0 Å². The zero-order valence-electron chi connectivity index (χ0n) is 15.4. The van der Waals surface area contributed by atoms with Gasteiger partial charge in [-0.3, -0.25) is 0 Å². The van der Waals surface area contributed by atoms with Crippen molar-refractivity contribution in [1.82, 2.24) is 0 Å². The molecular formula is C21H26O6. The minimum Gasteiger partial charge on any atom is -0.491 e. The topological polar surface area (TPSA) is 55.4 Å². The van der Waals surface area contributed by atoms with Crippen LogP contribution < -0.4 is 14.2 Å². The van der Waals surface area contributed by atoms with Gasteiger partial charge in [0.2, 0.25) is 0 Å². The van der Waals surface area contributed by atoms with E-state index in [2.05, 4.69) is 0 Å². The normalized spacial score (nSPS) is 17.5. The molecule has 1 aliphatic heterocycles. The molecule has 0 aromatic heterocycles. The molecule has 3 rings (SSSR count). The van der Waals surface area contributed by atoms with Crippen molar-refractivity contribution in [3.63, 3.8) is 0 Å². The minimum atomic E-state index is 0.391. The van der Waals surface area contributed by atoms with Crippen molar-refractivity contribution in [3.8, 4) is 17.2 Å². The summed E-state index contributed by atoms with van der Waals surface area (Å²) in [4.78, 5) is 0. The molecule has 2 aromatic carbocycles. The minimum absolute atomic E-state index is 0.391. The molecule has 6 nitrogen and oxygen atoms in total. The maximum atomic E-state index is 5.98. The highest BCUT2D eigenvalue weighted by molar-refractivity contribution is 5.40. The highest BCUT2D eigenvalue weighted by Crippen LogP contribution is 2.28. The molecular weight excluding hydrogens is 348 g/mol. The average Bonchev–Trinajstić information content (AvgIpc) is 2.71. The van der Waals surface area contributed by atoms with Crippen LogP contribution in [0.5, 0.6) is 17.2 Å². The first-order valence-corrected chi connectivity index (χ1v) is 9.22. The molecule has 0 spiro atoms. The number of ether oxygens (including phenoxy) is 6. The smallest absolute Gasteiger partial charge is 0.161 e. The van der Waals surface area contributed by atoms with Crippen molar-refractivity contribution in [1.29, 1.82) is 0 Å². The zero-order chi connectivity index (χ0) is 18.6. The van der Waals surface area contributed by atoms with Crippen LogP contribution in [0.2, 0.25) is 0 Å². The van der Waals surface area contributed by atoms with Crippen LogP contribution in [0.1, 0.15) is 5.56 Å². The van der Waals surface area contributed by atoms with Crippen LogP contribution in [0.25, 0.3) is 0 Å². The Labute approximate surface area is 159 Å². The summed E-state index contributed by atoms with van der Waals surface area (Å²) >= 11 is 0. The lowest BCUT2D eigenvalue weighted by Gasteiger charge is -2.15. The van der Waals surface area contributed by atoms with Crippen molar-refractivity contribution in [2.24, 2.45) is 0 Å². The van der Waals surface area contributed by atoms with E-state index in [1.54, 1.807) is 0 Å². The summed E-state index contributed by atoms with van der Waals surface area (Å²) in [6.07, 6.45) is 0. The molecule has 0 unspecified atom stereocenters. The fourth-order valence-corrected chi connectivity index (χ4v) is 2.57. The Morgan fingerprint density at radius 2 is 0.889 bits per heavy atom. The molecule has 0 saturated carbocycles. The first-order valence-electron chi connectivity index (χ1n) is 9.22. The lowest BCUT2D eigenvalue weighted by Crippen LogP contribution is -2.14. The summed E-state index contributed by atoms with van der Waals surface area (Å²) in [5.74, 6) is 2.18. The largest absolute Gasteiger partial charge is 0.491 e. The zero-order valence-corrected chi connectivity index (χ0v) is 15.4. The molecule has 27 heavy (non-hydrogen) atoms.